The minimum Gasteiger partial charge on any atom is -0.452 e. The van der Waals surface area contributed by atoms with Gasteiger partial charge in [0.25, 0.3) is 11.5 Å². The zero-order valence-corrected chi connectivity index (χ0v) is 16.1. The minimum atomic E-state index is -0.622. The van der Waals surface area contributed by atoms with E-state index >= 15 is 0 Å². The summed E-state index contributed by atoms with van der Waals surface area (Å²) in [6.45, 7) is 2.18. The van der Waals surface area contributed by atoms with Gasteiger partial charge >= 0.3 is 5.97 Å². The summed E-state index contributed by atoms with van der Waals surface area (Å²) in [6, 6.07) is 8.37. The molecule has 1 aromatic carbocycles. The number of carbonyl (C=O) groups excluding carboxylic acids is 2. The molecule has 0 saturated carbocycles. The summed E-state index contributed by atoms with van der Waals surface area (Å²) < 4.78 is 6.80. The quantitative estimate of drug-likeness (QED) is 0.668. The number of benzene rings is 1. The predicted molar refractivity (Wildman–Crippen MR) is 105 cm³/mol. The maximum absolute atomic E-state index is 12.5. The van der Waals surface area contributed by atoms with E-state index in [2.05, 4.69) is 10.3 Å². The summed E-state index contributed by atoms with van der Waals surface area (Å²) in [5, 5.41) is 5.21. The van der Waals surface area contributed by atoms with Gasteiger partial charge in [0.15, 0.2) is 6.61 Å². The molecule has 4 rings (SSSR count). The van der Waals surface area contributed by atoms with Gasteiger partial charge in [0.05, 0.1) is 22.5 Å². The molecule has 3 aromatic rings. The van der Waals surface area contributed by atoms with Crippen LogP contribution in [0.1, 0.15) is 40.4 Å². The number of thiophene rings is 1. The molecule has 1 amide bonds. The summed E-state index contributed by atoms with van der Waals surface area (Å²) in [5.41, 5.74) is 0.657. The number of fused-ring (bicyclic) bond motifs is 2. The largest absolute Gasteiger partial charge is 0.452 e. The van der Waals surface area contributed by atoms with Crippen molar-refractivity contribution in [2.24, 2.45) is 0 Å². The Kier molecular flexibility index (Phi) is 4.95. The first kappa shape index (κ1) is 18.4. The summed E-state index contributed by atoms with van der Waals surface area (Å²) >= 11 is 1.55. The van der Waals surface area contributed by atoms with Gasteiger partial charge in [0.1, 0.15) is 5.82 Å². The first-order chi connectivity index (χ1) is 13.5. The second-order valence-electron chi connectivity index (χ2n) is 6.70. The first-order valence-corrected chi connectivity index (χ1v) is 9.94. The van der Waals surface area contributed by atoms with E-state index in [1.165, 1.54) is 6.07 Å². The van der Waals surface area contributed by atoms with Crippen LogP contribution in [0.25, 0.3) is 10.9 Å². The van der Waals surface area contributed by atoms with Gasteiger partial charge in [-0.05, 0) is 43.0 Å². The van der Waals surface area contributed by atoms with Crippen molar-refractivity contribution < 1.29 is 14.3 Å². The molecule has 0 spiro atoms. The van der Waals surface area contributed by atoms with E-state index in [4.69, 9.17) is 4.74 Å². The van der Waals surface area contributed by atoms with Crippen LogP contribution in [0, 0.1) is 0 Å². The molecule has 0 unspecified atom stereocenters. The van der Waals surface area contributed by atoms with E-state index in [-0.39, 0.29) is 29.7 Å². The summed E-state index contributed by atoms with van der Waals surface area (Å²) in [4.78, 5) is 42.3. The van der Waals surface area contributed by atoms with Crippen molar-refractivity contribution in [1.82, 2.24) is 14.9 Å². The number of ether oxygens (including phenoxy) is 1. The number of hydrogen-bond acceptors (Lipinski definition) is 6. The molecule has 1 N–H and O–H groups in total. The first-order valence-electron chi connectivity index (χ1n) is 9.06. The monoisotopic (exact) mass is 397 g/mol. The van der Waals surface area contributed by atoms with Gasteiger partial charge < -0.3 is 10.1 Å². The van der Waals surface area contributed by atoms with Crippen LogP contribution in [0.15, 0.2) is 40.5 Å². The number of aryl methyl sites for hydroxylation is 1. The van der Waals surface area contributed by atoms with Crippen LogP contribution in [0.5, 0.6) is 0 Å². The number of nitrogens with zero attached hydrogens (tertiary/aromatic N) is 2. The van der Waals surface area contributed by atoms with E-state index in [9.17, 15) is 14.4 Å². The van der Waals surface area contributed by atoms with Crippen LogP contribution in [-0.2, 0) is 22.5 Å². The van der Waals surface area contributed by atoms with Crippen LogP contribution >= 0.6 is 11.3 Å². The molecule has 0 radical (unpaired) electrons. The van der Waals surface area contributed by atoms with Crippen molar-refractivity contribution in [3.05, 3.63) is 62.3 Å². The summed E-state index contributed by atoms with van der Waals surface area (Å²) in [6.07, 6.45) is 1.65. The molecule has 144 valence electrons. The second kappa shape index (κ2) is 7.55. The fourth-order valence-electron chi connectivity index (χ4n) is 3.32. The van der Waals surface area contributed by atoms with Crippen molar-refractivity contribution in [3.63, 3.8) is 0 Å². The Hall–Kier alpha value is -3.00. The van der Waals surface area contributed by atoms with Crippen molar-refractivity contribution in [1.29, 1.82) is 0 Å². The number of amides is 1. The second-order valence-corrected chi connectivity index (χ2v) is 7.68. The number of carbonyl (C=O) groups is 2. The average Bonchev–Trinajstić information content (AvgIpc) is 3.37. The maximum Gasteiger partial charge on any atom is 0.338 e. The number of rotatable bonds is 5. The highest BCUT2D eigenvalue weighted by molar-refractivity contribution is 7.10. The Labute approximate surface area is 165 Å². The number of aromatic nitrogens is 2. The van der Waals surface area contributed by atoms with E-state index in [0.717, 1.165) is 23.5 Å². The van der Waals surface area contributed by atoms with Gasteiger partial charge in [0, 0.05) is 17.8 Å². The van der Waals surface area contributed by atoms with Crippen LogP contribution in [0.4, 0.5) is 0 Å². The van der Waals surface area contributed by atoms with Crippen molar-refractivity contribution in [2.45, 2.75) is 32.4 Å². The lowest BCUT2D eigenvalue weighted by Crippen LogP contribution is -2.30. The van der Waals surface area contributed by atoms with Crippen molar-refractivity contribution in [3.8, 4) is 0 Å². The minimum absolute atomic E-state index is 0.0839. The Morgan fingerprint density at radius 1 is 1.36 bits per heavy atom. The lowest BCUT2D eigenvalue weighted by molar-refractivity contribution is -0.124. The maximum atomic E-state index is 12.5. The third kappa shape index (κ3) is 3.55. The standard InChI is InChI=1S/C20H19N3O4S/c1-12(16-4-3-9-28-16)21-18(24)11-27-20(26)13-6-7-14-15(10-13)22-17-5-2-8-23(17)19(14)25/h3-4,6-7,9-10,12H,2,5,8,11H2,1H3,(H,21,24)/t12-/m1/s1. The molecule has 1 aliphatic heterocycles. The van der Waals surface area contributed by atoms with Gasteiger partial charge in [-0.3, -0.25) is 14.2 Å². The summed E-state index contributed by atoms with van der Waals surface area (Å²) in [7, 11) is 0. The van der Waals surface area contributed by atoms with Gasteiger partial charge in [-0.2, -0.15) is 0 Å². The van der Waals surface area contributed by atoms with Crippen molar-refractivity contribution in [2.75, 3.05) is 6.61 Å². The van der Waals surface area contributed by atoms with Gasteiger partial charge in [0.2, 0.25) is 0 Å². The predicted octanol–water partition coefficient (Wildman–Crippen LogP) is 2.44. The van der Waals surface area contributed by atoms with Gasteiger partial charge in [-0.25, -0.2) is 9.78 Å². The Morgan fingerprint density at radius 3 is 3.00 bits per heavy atom. The molecule has 1 atom stereocenters. The fourth-order valence-corrected chi connectivity index (χ4v) is 4.05. The number of esters is 1. The number of hydrogen-bond donors (Lipinski definition) is 1. The lowest BCUT2D eigenvalue weighted by Gasteiger charge is -2.12. The molecular formula is C20H19N3O4S. The van der Waals surface area contributed by atoms with Gasteiger partial charge in [-0.1, -0.05) is 6.07 Å². The Bertz CT molecular complexity index is 1100. The Morgan fingerprint density at radius 2 is 2.21 bits per heavy atom. The van der Waals surface area contributed by atoms with E-state index < -0.39 is 5.97 Å². The van der Waals surface area contributed by atoms with E-state index in [0.29, 0.717) is 17.4 Å². The third-order valence-corrected chi connectivity index (χ3v) is 5.79. The molecule has 0 aliphatic carbocycles. The SMILES string of the molecule is C[C@@H](NC(=O)COC(=O)c1ccc2c(=O)n3c(nc2c1)CCC3)c1cccs1. The topological polar surface area (TPSA) is 90.3 Å². The molecule has 3 heterocycles. The lowest BCUT2D eigenvalue weighted by atomic mass is 10.1. The van der Waals surface area contributed by atoms with Crippen LogP contribution in [0.3, 0.4) is 0 Å². The Balaban J connectivity index is 1.43. The van der Waals surface area contributed by atoms with E-state index in [1.54, 1.807) is 28.0 Å². The smallest absolute Gasteiger partial charge is 0.338 e. The fraction of sp³-hybridized carbons (Fsp3) is 0.300. The third-order valence-electron chi connectivity index (χ3n) is 4.73. The summed E-state index contributed by atoms with van der Waals surface area (Å²) in [5.74, 6) is -0.252. The highest BCUT2D eigenvalue weighted by atomic mass is 32.1. The van der Waals surface area contributed by atoms with Crippen LogP contribution < -0.4 is 10.9 Å². The molecule has 28 heavy (non-hydrogen) atoms. The molecular weight excluding hydrogens is 378 g/mol. The van der Waals surface area contributed by atoms with Gasteiger partial charge in [-0.15, -0.1) is 11.3 Å². The highest BCUT2D eigenvalue weighted by Crippen LogP contribution is 2.18. The van der Waals surface area contributed by atoms with Crippen LogP contribution in [-0.4, -0.2) is 28.0 Å². The highest BCUT2D eigenvalue weighted by Gasteiger charge is 2.18. The molecule has 0 fully saturated rings. The molecule has 0 saturated heterocycles. The van der Waals surface area contributed by atoms with Crippen LogP contribution in [0.2, 0.25) is 0 Å². The normalized spacial score (nSPS) is 13.9. The zero-order valence-electron chi connectivity index (χ0n) is 15.3. The average molecular weight is 397 g/mol. The van der Waals surface area contributed by atoms with Crippen molar-refractivity contribution >= 4 is 34.1 Å². The molecule has 0 bridgehead atoms. The molecule has 7 nitrogen and oxygen atoms in total. The molecule has 2 aromatic heterocycles. The molecule has 1 aliphatic rings. The zero-order chi connectivity index (χ0) is 19.7. The molecule has 8 heteroatoms. The van der Waals surface area contributed by atoms with E-state index in [1.807, 2.05) is 24.4 Å². The number of nitrogens with one attached hydrogen (secondary N) is 1.